The van der Waals surface area contributed by atoms with E-state index >= 15 is 0 Å². The van der Waals surface area contributed by atoms with Crippen molar-refractivity contribution in [3.8, 4) is 23.0 Å². The molecule has 28 heavy (non-hydrogen) atoms. The molecule has 5 heteroatoms. The number of hydrogen-bond donors (Lipinski definition) is 0. The zero-order chi connectivity index (χ0) is 20.3. The number of hydrogen-bond acceptors (Lipinski definition) is 2. The van der Waals surface area contributed by atoms with Crippen molar-refractivity contribution in [2.75, 3.05) is 20.1 Å². The highest BCUT2D eigenvalue weighted by molar-refractivity contribution is 7.19. The standard InChI is InChI=1S/C23H22F3NS/c1-4-13-27(3)14-5-6-17-7-12-20-21(15-17)28-16(2)22(20)18-8-10-19(11-9-18)23(24,25)26/h7-12,15H,4,13-14H2,1-3H3. The molecule has 0 spiro atoms. The number of fused-ring (bicyclic) bond motifs is 1. The minimum absolute atomic E-state index is 0.626. The lowest BCUT2D eigenvalue weighted by molar-refractivity contribution is -0.137. The second-order valence-corrected chi connectivity index (χ2v) is 8.12. The Morgan fingerprint density at radius 3 is 2.43 bits per heavy atom. The largest absolute Gasteiger partial charge is 0.416 e. The third kappa shape index (κ3) is 4.57. The lowest BCUT2D eigenvalue weighted by Crippen LogP contribution is -2.19. The lowest BCUT2D eigenvalue weighted by atomic mass is 10.00. The van der Waals surface area contributed by atoms with Crippen molar-refractivity contribution in [2.45, 2.75) is 26.4 Å². The van der Waals surface area contributed by atoms with Crippen LogP contribution < -0.4 is 0 Å². The van der Waals surface area contributed by atoms with Gasteiger partial charge in [-0.25, -0.2) is 0 Å². The van der Waals surface area contributed by atoms with Gasteiger partial charge in [0.15, 0.2) is 0 Å². The van der Waals surface area contributed by atoms with Gasteiger partial charge in [0, 0.05) is 26.1 Å². The molecule has 1 heterocycles. The van der Waals surface area contributed by atoms with E-state index in [0.29, 0.717) is 0 Å². The van der Waals surface area contributed by atoms with Crippen molar-refractivity contribution < 1.29 is 13.2 Å². The van der Waals surface area contributed by atoms with Gasteiger partial charge in [-0.2, -0.15) is 13.2 Å². The molecule has 0 N–H and O–H groups in total. The van der Waals surface area contributed by atoms with Gasteiger partial charge in [-0.1, -0.05) is 37.0 Å². The molecule has 3 rings (SSSR count). The number of thiophene rings is 1. The summed E-state index contributed by atoms with van der Waals surface area (Å²) in [6.07, 6.45) is -3.21. The van der Waals surface area contributed by atoms with E-state index in [1.807, 2.05) is 19.1 Å². The highest BCUT2D eigenvalue weighted by Gasteiger charge is 2.30. The summed E-state index contributed by atoms with van der Waals surface area (Å²) in [5.41, 5.74) is 2.13. The molecule has 1 aromatic heterocycles. The predicted molar refractivity (Wildman–Crippen MR) is 112 cm³/mol. The Bertz CT molecular complexity index is 1020. The van der Waals surface area contributed by atoms with E-state index < -0.39 is 11.7 Å². The summed E-state index contributed by atoms with van der Waals surface area (Å²) in [6.45, 7) is 5.90. The van der Waals surface area contributed by atoms with Gasteiger partial charge in [-0.05, 0) is 56.8 Å². The Kier molecular flexibility index (Phi) is 6.12. The number of halogens is 3. The number of rotatable bonds is 4. The molecule has 2 aromatic carbocycles. The Balaban J connectivity index is 1.90. The molecule has 0 unspecified atom stereocenters. The van der Waals surface area contributed by atoms with Gasteiger partial charge in [0.2, 0.25) is 0 Å². The van der Waals surface area contributed by atoms with Gasteiger partial charge < -0.3 is 0 Å². The van der Waals surface area contributed by atoms with E-state index in [4.69, 9.17) is 0 Å². The van der Waals surface area contributed by atoms with Crippen LogP contribution >= 0.6 is 11.3 Å². The maximum atomic E-state index is 12.8. The monoisotopic (exact) mass is 401 g/mol. The van der Waals surface area contributed by atoms with Crippen LogP contribution in [0.1, 0.15) is 29.3 Å². The van der Waals surface area contributed by atoms with Crippen molar-refractivity contribution in [1.29, 1.82) is 0 Å². The van der Waals surface area contributed by atoms with Crippen molar-refractivity contribution >= 4 is 21.4 Å². The molecular formula is C23H22F3NS. The van der Waals surface area contributed by atoms with Crippen molar-refractivity contribution in [3.63, 3.8) is 0 Å². The van der Waals surface area contributed by atoms with Gasteiger partial charge in [-0.3, -0.25) is 4.90 Å². The van der Waals surface area contributed by atoms with Crippen LogP contribution in [0.2, 0.25) is 0 Å². The minimum Gasteiger partial charge on any atom is -0.295 e. The van der Waals surface area contributed by atoms with Crippen LogP contribution in [0.25, 0.3) is 21.2 Å². The second kappa shape index (κ2) is 8.38. The zero-order valence-corrected chi connectivity index (χ0v) is 17.0. The molecule has 1 nitrogen and oxygen atoms in total. The first-order valence-corrected chi connectivity index (χ1v) is 9.99. The molecule has 0 aliphatic rings. The van der Waals surface area contributed by atoms with Crippen LogP contribution in [0, 0.1) is 18.8 Å². The molecule has 0 bridgehead atoms. The molecule has 0 atom stereocenters. The van der Waals surface area contributed by atoms with Gasteiger partial charge in [0.1, 0.15) is 0 Å². The normalized spacial score (nSPS) is 11.7. The lowest BCUT2D eigenvalue weighted by Gasteiger charge is -2.10. The maximum absolute atomic E-state index is 12.8. The summed E-state index contributed by atoms with van der Waals surface area (Å²) < 4.78 is 39.6. The predicted octanol–water partition coefficient (Wildman–Crippen LogP) is 6.59. The van der Waals surface area contributed by atoms with E-state index in [0.717, 1.165) is 63.3 Å². The second-order valence-electron chi connectivity index (χ2n) is 6.86. The van der Waals surface area contributed by atoms with E-state index in [9.17, 15) is 13.2 Å². The summed E-state index contributed by atoms with van der Waals surface area (Å²) in [7, 11) is 2.06. The van der Waals surface area contributed by atoms with Gasteiger partial charge in [0.05, 0.1) is 12.1 Å². The average molecular weight is 401 g/mol. The number of alkyl halides is 3. The van der Waals surface area contributed by atoms with Crippen molar-refractivity contribution in [3.05, 3.63) is 58.5 Å². The quantitative estimate of drug-likeness (QED) is 0.446. The fourth-order valence-corrected chi connectivity index (χ4v) is 4.34. The molecule has 0 aliphatic heterocycles. The molecule has 0 fully saturated rings. The summed E-state index contributed by atoms with van der Waals surface area (Å²) in [5.74, 6) is 6.41. The van der Waals surface area contributed by atoms with Crippen LogP contribution in [0.3, 0.4) is 0 Å². The topological polar surface area (TPSA) is 3.24 Å². The van der Waals surface area contributed by atoms with Gasteiger partial charge >= 0.3 is 6.18 Å². The van der Waals surface area contributed by atoms with E-state index in [1.54, 1.807) is 23.5 Å². The van der Waals surface area contributed by atoms with E-state index in [1.165, 1.54) is 0 Å². The highest BCUT2D eigenvalue weighted by atomic mass is 32.1. The number of benzene rings is 2. The third-order valence-corrected chi connectivity index (χ3v) is 5.62. The van der Waals surface area contributed by atoms with E-state index in [-0.39, 0.29) is 0 Å². The first-order chi connectivity index (χ1) is 13.3. The molecule has 0 radical (unpaired) electrons. The summed E-state index contributed by atoms with van der Waals surface area (Å²) in [5, 5.41) is 1.05. The fourth-order valence-electron chi connectivity index (χ4n) is 3.22. The molecule has 0 saturated heterocycles. The molecule has 0 amide bonds. The average Bonchev–Trinajstić information content (AvgIpc) is 2.96. The third-order valence-electron chi connectivity index (χ3n) is 4.55. The highest BCUT2D eigenvalue weighted by Crippen LogP contribution is 2.39. The van der Waals surface area contributed by atoms with E-state index in [2.05, 4.69) is 36.8 Å². The van der Waals surface area contributed by atoms with Crippen LogP contribution in [0.5, 0.6) is 0 Å². The summed E-state index contributed by atoms with van der Waals surface area (Å²) in [4.78, 5) is 3.27. The number of aryl methyl sites for hydroxylation is 1. The molecule has 3 aromatic rings. The smallest absolute Gasteiger partial charge is 0.295 e. The van der Waals surface area contributed by atoms with Crippen LogP contribution in [0.4, 0.5) is 13.2 Å². The Morgan fingerprint density at radius 1 is 1.07 bits per heavy atom. The first kappa shape index (κ1) is 20.4. The van der Waals surface area contributed by atoms with Crippen LogP contribution in [0.15, 0.2) is 42.5 Å². The van der Waals surface area contributed by atoms with Crippen LogP contribution in [-0.2, 0) is 6.18 Å². The fraction of sp³-hybridized carbons (Fsp3) is 0.304. The Hall–Kier alpha value is -2.29. The van der Waals surface area contributed by atoms with Gasteiger partial charge in [0.25, 0.3) is 0 Å². The van der Waals surface area contributed by atoms with Crippen molar-refractivity contribution in [2.24, 2.45) is 0 Å². The Morgan fingerprint density at radius 2 is 1.79 bits per heavy atom. The van der Waals surface area contributed by atoms with Crippen LogP contribution in [-0.4, -0.2) is 25.0 Å². The maximum Gasteiger partial charge on any atom is 0.416 e. The first-order valence-electron chi connectivity index (χ1n) is 9.17. The molecule has 0 saturated carbocycles. The number of nitrogens with zero attached hydrogens (tertiary/aromatic N) is 1. The SMILES string of the molecule is CCCN(C)CC#Cc1ccc2c(-c3ccc(C(F)(F)F)cc3)c(C)sc2c1. The summed E-state index contributed by atoms with van der Waals surface area (Å²) >= 11 is 1.64. The molecule has 146 valence electrons. The zero-order valence-electron chi connectivity index (χ0n) is 16.2. The Labute approximate surface area is 167 Å². The van der Waals surface area contributed by atoms with Gasteiger partial charge in [-0.15, -0.1) is 11.3 Å². The summed E-state index contributed by atoms with van der Waals surface area (Å²) in [6, 6.07) is 11.5. The van der Waals surface area contributed by atoms with Crippen molar-refractivity contribution in [1.82, 2.24) is 4.90 Å². The molecular weight excluding hydrogens is 379 g/mol. The minimum atomic E-state index is -4.32. The molecule has 0 aliphatic carbocycles.